The first-order chi connectivity index (χ1) is 9.48. The van der Waals surface area contributed by atoms with E-state index in [0.717, 1.165) is 13.1 Å². The predicted molar refractivity (Wildman–Crippen MR) is 74.6 cm³/mol. The van der Waals surface area contributed by atoms with Crippen LogP contribution in [0.3, 0.4) is 0 Å². The zero-order chi connectivity index (χ0) is 14.6. The molecule has 1 saturated heterocycles. The van der Waals surface area contributed by atoms with E-state index in [1.165, 1.54) is 6.07 Å². The number of benzene rings is 1. The van der Waals surface area contributed by atoms with Crippen LogP contribution in [0.25, 0.3) is 0 Å². The van der Waals surface area contributed by atoms with E-state index in [1.807, 2.05) is 13.8 Å². The second-order valence-corrected chi connectivity index (χ2v) is 5.53. The van der Waals surface area contributed by atoms with Gasteiger partial charge in [0.05, 0.1) is 35.4 Å². The molecule has 2 rings (SSSR count). The van der Waals surface area contributed by atoms with Crippen molar-refractivity contribution in [3.8, 4) is 0 Å². The van der Waals surface area contributed by atoms with Gasteiger partial charge in [-0.05, 0) is 19.9 Å². The van der Waals surface area contributed by atoms with Crippen LogP contribution in [-0.2, 0) is 16.1 Å². The van der Waals surface area contributed by atoms with Crippen molar-refractivity contribution >= 4 is 5.69 Å². The number of para-hydroxylation sites is 1. The molecule has 1 N–H and O–H groups in total. The summed E-state index contributed by atoms with van der Waals surface area (Å²) < 4.78 is 11.4. The number of nitro benzene ring substituents is 1. The van der Waals surface area contributed by atoms with Gasteiger partial charge in [-0.25, -0.2) is 0 Å². The molecule has 1 fully saturated rings. The first-order valence-electron chi connectivity index (χ1n) is 6.66. The smallest absolute Gasteiger partial charge is 0.274 e. The first kappa shape index (κ1) is 14.9. The Hall–Kier alpha value is -1.50. The van der Waals surface area contributed by atoms with Crippen molar-refractivity contribution in [2.45, 2.75) is 32.2 Å². The van der Waals surface area contributed by atoms with Crippen LogP contribution in [0.4, 0.5) is 5.69 Å². The van der Waals surface area contributed by atoms with Crippen LogP contribution in [0.15, 0.2) is 24.3 Å². The lowest BCUT2D eigenvalue weighted by atomic mass is 10.1. The average molecular weight is 280 g/mol. The average Bonchev–Trinajstić information content (AvgIpc) is 2.38. The largest absolute Gasteiger partial charge is 0.374 e. The Morgan fingerprint density at radius 1 is 1.50 bits per heavy atom. The number of morpholine rings is 1. The lowest BCUT2D eigenvalue weighted by Gasteiger charge is -2.36. The van der Waals surface area contributed by atoms with Crippen LogP contribution in [-0.4, -0.2) is 36.3 Å². The van der Waals surface area contributed by atoms with E-state index in [9.17, 15) is 10.1 Å². The van der Waals surface area contributed by atoms with Gasteiger partial charge in [0, 0.05) is 19.2 Å². The highest BCUT2D eigenvalue weighted by Gasteiger charge is 2.28. The van der Waals surface area contributed by atoms with Gasteiger partial charge in [0.25, 0.3) is 5.69 Å². The Balaban J connectivity index is 1.86. The topological polar surface area (TPSA) is 73.6 Å². The summed E-state index contributed by atoms with van der Waals surface area (Å²) in [5.74, 6) is 0. The SMILES string of the molecule is CC1(C)CNCC(COCc2ccccc2[N+](=O)[O-])O1. The van der Waals surface area contributed by atoms with E-state index < -0.39 is 0 Å². The summed E-state index contributed by atoms with van der Waals surface area (Å²) in [6.07, 6.45) is -0.0264. The third-order valence-corrected chi connectivity index (χ3v) is 3.16. The highest BCUT2D eigenvalue weighted by atomic mass is 16.6. The van der Waals surface area contributed by atoms with Crippen molar-refractivity contribution in [2.24, 2.45) is 0 Å². The Morgan fingerprint density at radius 2 is 2.25 bits per heavy atom. The first-order valence-corrected chi connectivity index (χ1v) is 6.66. The van der Waals surface area contributed by atoms with Crippen LogP contribution in [0.5, 0.6) is 0 Å². The van der Waals surface area contributed by atoms with Crippen LogP contribution in [0, 0.1) is 10.1 Å². The second kappa shape index (κ2) is 6.30. The molecule has 110 valence electrons. The summed E-state index contributed by atoms with van der Waals surface area (Å²) >= 11 is 0. The van der Waals surface area contributed by atoms with Crippen LogP contribution >= 0.6 is 0 Å². The Bertz CT molecular complexity index is 476. The standard InChI is InChI=1S/C14H20N2O4/c1-14(2)10-15-7-12(20-14)9-19-8-11-5-3-4-6-13(11)16(17)18/h3-6,12,15H,7-10H2,1-2H3. The number of rotatable bonds is 5. The molecule has 0 bridgehead atoms. The molecule has 1 aromatic rings. The molecular formula is C14H20N2O4. The molecule has 1 aliphatic rings. The van der Waals surface area contributed by atoms with E-state index in [-0.39, 0.29) is 28.9 Å². The van der Waals surface area contributed by atoms with Crippen molar-refractivity contribution in [3.05, 3.63) is 39.9 Å². The molecule has 1 aromatic carbocycles. The van der Waals surface area contributed by atoms with Crippen molar-refractivity contribution in [1.29, 1.82) is 0 Å². The van der Waals surface area contributed by atoms with Crippen molar-refractivity contribution in [3.63, 3.8) is 0 Å². The zero-order valence-corrected chi connectivity index (χ0v) is 11.8. The highest BCUT2D eigenvalue weighted by Crippen LogP contribution is 2.19. The van der Waals surface area contributed by atoms with Crippen LogP contribution in [0.2, 0.25) is 0 Å². The monoisotopic (exact) mass is 280 g/mol. The van der Waals surface area contributed by atoms with E-state index in [0.29, 0.717) is 12.2 Å². The fourth-order valence-electron chi connectivity index (χ4n) is 2.27. The van der Waals surface area contributed by atoms with Gasteiger partial charge in [-0.15, -0.1) is 0 Å². The van der Waals surface area contributed by atoms with Gasteiger partial charge in [-0.3, -0.25) is 10.1 Å². The highest BCUT2D eigenvalue weighted by molar-refractivity contribution is 5.39. The molecule has 1 atom stereocenters. The number of hydrogen-bond acceptors (Lipinski definition) is 5. The van der Waals surface area contributed by atoms with Gasteiger partial charge in [-0.2, -0.15) is 0 Å². The van der Waals surface area contributed by atoms with E-state index in [1.54, 1.807) is 18.2 Å². The van der Waals surface area contributed by atoms with Crippen molar-refractivity contribution in [2.75, 3.05) is 19.7 Å². The fraction of sp³-hybridized carbons (Fsp3) is 0.571. The molecule has 1 unspecified atom stereocenters. The minimum atomic E-state index is -0.388. The van der Waals surface area contributed by atoms with Crippen LogP contribution < -0.4 is 5.32 Å². The molecule has 0 radical (unpaired) electrons. The third-order valence-electron chi connectivity index (χ3n) is 3.16. The van der Waals surface area contributed by atoms with Gasteiger partial charge in [0.15, 0.2) is 0 Å². The number of ether oxygens (including phenoxy) is 2. The number of nitrogens with zero attached hydrogens (tertiary/aromatic N) is 1. The maximum Gasteiger partial charge on any atom is 0.274 e. The lowest BCUT2D eigenvalue weighted by Crippen LogP contribution is -2.51. The van der Waals surface area contributed by atoms with Gasteiger partial charge in [-0.1, -0.05) is 12.1 Å². The molecule has 0 aromatic heterocycles. The van der Waals surface area contributed by atoms with Gasteiger partial charge >= 0.3 is 0 Å². The van der Waals surface area contributed by atoms with E-state index in [2.05, 4.69) is 5.32 Å². The Labute approximate surface area is 118 Å². The minimum Gasteiger partial charge on any atom is -0.374 e. The molecular weight excluding hydrogens is 260 g/mol. The molecule has 1 heterocycles. The molecule has 1 aliphatic heterocycles. The summed E-state index contributed by atoms with van der Waals surface area (Å²) in [5.41, 5.74) is 0.474. The normalized spacial score (nSPS) is 21.6. The fourth-order valence-corrected chi connectivity index (χ4v) is 2.27. The number of nitro groups is 1. The maximum atomic E-state index is 10.9. The summed E-state index contributed by atoms with van der Waals surface area (Å²) in [5, 5.41) is 14.2. The van der Waals surface area contributed by atoms with Gasteiger partial charge < -0.3 is 14.8 Å². The molecule has 0 spiro atoms. The number of hydrogen-bond donors (Lipinski definition) is 1. The lowest BCUT2D eigenvalue weighted by molar-refractivity contribution is -0.386. The number of nitrogens with one attached hydrogen (secondary N) is 1. The molecule has 20 heavy (non-hydrogen) atoms. The summed E-state index contributed by atoms with van der Waals surface area (Å²) in [6.45, 7) is 6.23. The molecule has 0 aliphatic carbocycles. The summed E-state index contributed by atoms with van der Waals surface area (Å²) in [7, 11) is 0. The quantitative estimate of drug-likeness (QED) is 0.658. The molecule has 0 amide bonds. The molecule has 0 saturated carbocycles. The third kappa shape index (κ3) is 4.00. The predicted octanol–water partition coefficient (Wildman–Crippen LogP) is 1.88. The van der Waals surface area contributed by atoms with E-state index >= 15 is 0 Å². The Morgan fingerprint density at radius 3 is 2.95 bits per heavy atom. The molecule has 6 nitrogen and oxygen atoms in total. The van der Waals surface area contributed by atoms with Crippen molar-refractivity contribution < 1.29 is 14.4 Å². The molecule has 6 heteroatoms. The minimum absolute atomic E-state index is 0.0264. The maximum absolute atomic E-state index is 10.9. The summed E-state index contributed by atoms with van der Waals surface area (Å²) in [4.78, 5) is 10.5. The van der Waals surface area contributed by atoms with E-state index in [4.69, 9.17) is 9.47 Å². The second-order valence-electron chi connectivity index (χ2n) is 5.53. The zero-order valence-electron chi connectivity index (χ0n) is 11.8. The van der Waals surface area contributed by atoms with Crippen molar-refractivity contribution in [1.82, 2.24) is 5.32 Å². The van der Waals surface area contributed by atoms with Crippen LogP contribution in [0.1, 0.15) is 19.4 Å². The van der Waals surface area contributed by atoms with Gasteiger partial charge in [0.1, 0.15) is 0 Å². The summed E-state index contributed by atoms with van der Waals surface area (Å²) in [6, 6.07) is 6.62. The van der Waals surface area contributed by atoms with Gasteiger partial charge in [0.2, 0.25) is 0 Å². The Kier molecular flexibility index (Phi) is 4.69.